The summed E-state index contributed by atoms with van der Waals surface area (Å²) in [5, 5.41) is 0. The molecule has 0 N–H and O–H groups in total. The maximum Gasteiger partial charge on any atom is 0.265 e. The molecule has 2 aromatic heterocycles. The molecule has 0 saturated heterocycles. The number of Topliss-reactive ketones (excluding diaryl/α,β-unsaturated/α-hetero) is 1. The van der Waals surface area contributed by atoms with Crippen LogP contribution in [0.1, 0.15) is 34.1 Å². The average Bonchev–Trinajstić information content (AvgIpc) is 2.93. The second-order valence-corrected chi connectivity index (χ2v) is 10.0. The van der Waals surface area contributed by atoms with Crippen molar-refractivity contribution in [3.05, 3.63) is 53.6 Å². The lowest BCUT2D eigenvalue weighted by Gasteiger charge is -2.28. The van der Waals surface area contributed by atoms with Crippen molar-refractivity contribution in [2.24, 2.45) is 20.0 Å². The molecule has 9 nitrogen and oxygen atoms in total. The molecule has 0 fully saturated rings. The molecule has 160 valence electrons. The molecule has 2 aromatic rings. The Balaban J connectivity index is 0.000000537. The fourth-order valence-corrected chi connectivity index (χ4v) is 3.95. The van der Waals surface area contributed by atoms with Crippen LogP contribution in [-0.2, 0) is 44.9 Å². The summed E-state index contributed by atoms with van der Waals surface area (Å²) in [6, 6.07) is 5.41. The van der Waals surface area contributed by atoms with Crippen LogP contribution < -0.4 is 4.57 Å². The van der Waals surface area contributed by atoms with Gasteiger partial charge in [-0.05, 0) is 25.0 Å². The molecule has 3 rings (SSSR count). The lowest BCUT2D eigenvalue weighted by Crippen LogP contribution is -2.33. The average molecular weight is 445 g/mol. The van der Waals surface area contributed by atoms with Crippen LogP contribution in [0.3, 0.4) is 0 Å². The van der Waals surface area contributed by atoms with E-state index >= 15 is 0 Å². The number of aromatic nitrogens is 2. The second-order valence-electron chi connectivity index (χ2n) is 7.02. The van der Waals surface area contributed by atoms with Crippen molar-refractivity contribution in [3.63, 3.8) is 0 Å². The van der Waals surface area contributed by atoms with E-state index in [1.807, 2.05) is 41.7 Å². The van der Waals surface area contributed by atoms with Crippen molar-refractivity contribution in [2.75, 3.05) is 12.5 Å². The summed E-state index contributed by atoms with van der Waals surface area (Å²) in [6.07, 6.45) is 7.59. The predicted molar refractivity (Wildman–Crippen MR) is 103 cm³/mol. The van der Waals surface area contributed by atoms with E-state index in [-0.39, 0.29) is 5.78 Å². The van der Waals surface area contributed by atoms with Crippen LogP contribution in [0.15, 0.2) is 36.8 Å². The van der Waals surface area contributed by atoms with E-state index in [9.17, 15) is 13.2 Å². The monoisotopic (exact) mass is 444 g/mol. The zero-order chi connectivity index (χ0) is 22.0. The quantitative estimate of drug-likeness (QED) is 0.381. The molecule has 29 heavy (non-hydrogen) atoms. The molecule has 0 radical (unpaired) electrons. The molecule has 11 heteroatoms. The van der Waals surface area contributed by atoms with Crippen LogP contribution in [0.5, 0.6) is 0 Å². The number of ketones is 1. The summed E-state index contributed by atoms with van der Waals surface area (Å²) >= 11 is 0. The smallest absolute Gasteiger partial charge is 0.265 e. The highest BCUT2D eigenvalue weighted by molar-refractivity contribution is 7.86. The summed E-state index contributed by atoms with van der Waals surface area (Å²) < 4.78 is 59.8. The van der Waals surface area contributed by atoms with E-state index in [0.29, 0.717) is 23.8 Å². The lowest BCUT2D eigenvalue weighted by molar-refractivity contribution is -0.672. The van der Waals surface area contributed by atoms with Crippen molar-refractivity contribution in [1.82, 2.24) is 4.57 Å². The number of aryl methyl sites for hydroxylation is 2. The third-order valence-corrected chi connectivity index (χ3v) is 4.99. The summed E-state index contributed by atoms with van der Waals surface area (Å²) in [6.45, 7) is 0. The first-order valence-electron chi connectivity index (χ1n) is 8.69. The van der Waals surface area contributed by atoms with Gasteiger partial charge in [0.1, 0.15) is 13.2 Å². The van der Waals surface area contributed by atoms with Gasteiger partial charge in [-0.2, -0.15) is 8.42 Å². The summed E-state index contributed by atoms with van der Waals surface area (Å²) in [5.74, 6) is -0.575. The number of fused-ring (bicyclic) bond motifs is 1. The minimum Gasteiger partial charge on any atom is -0.748 e. The first kappa shape index (κ1) is 23.2. The Morgan fingerprint density at radius 3 is 2.41 bits per heavy atom. The van der Waals surface area contributed by atoms with Gasteiger partial charge in [-0.25, -0.2) is 13.0 Å². The Labute approximate surface area is 170 Å². The fourth-order valence-electron chi connectivity index (χ4n) is 3.33. The van der Waals surface area contributed by atoms with Crippen LogP contribution in [0.2, 0.25) is 0 Å². The Bertz CT molecular complexity index is 1100. The van der Waals surface area contributed by atoms with E-state index in [0.717, 1.165) is 18.4 Å². The van der Waals surface area contributed by atoms with Crippen molar-refractivity contribution >= 4 is 26.0 Å². The van der Waals surface area contributed by atoms with Gasteiger partial charge in [-0.15, -0.1) is 0 Å². The Morgan fingerprint density at radius 1 is 1.24 bits per heavy atom. The van der Waals surface area contributed by atoms with Crippen LogP contribution in [0.4, 0.5) is 0 Å². The number of carbonyl (C=O) groups is 1. The zero-order valence-corrected chi connectivity index (χ0v) is 18.2. The maximum atomic E-state index is 12.9. The molecule has 0 spiro atoms. The Hall–Kier alpha value is -2.08. The molecular formula is C18H24N2O7S2. The normalized spacial score (nSPS) is 17.8. The molecule has 0 amide bonds. The van der Waals surface area contributed by atoms with Gasteiger partial charge in [-0.3, -0.25) is 8.98 Å². The van der Waals surface area contributed by atoms with Gasteiger partial charge >= 0.3 is 0 Å². The molecule has 2 atom stereocenters. The van der Waals surface area contributed by atoms with E-state index in [4.69, 9.17) is 17.2 Å². The Morgan fingerprint density at radius 2 is 1.86 bits per heavy atom. The molecule has 1 aliphatic rings. The largest absolute Gasteiger partial charge is 0.748 e. The Kier molecular flexibility index (Phi) is 6.99. The zero-order valence-electron chi connectivity index (χ0n) is 16.6. The van der Waals surface area contributed by atoms with Gasteiger partial charge in [0.2, 0.25) is 0 Å². The third-order valence-electron chi connectivity index (χ3n) is 4.43. The predicted octanol–water partition coefficient (Wildman–Crippen LogP) is 0.474. The van der Waals surface area contributed by atoms with Crippen molar-refractivity contribution in [2.45, 2.75) is 18.9 Å². The number of hydrogen-bond donors (Lipinski definition) is 0. The third kappa shape index (κ3) is 6.74. The molecule has 0 bridgehead atoms. The molecule has 2 unspecified atom stereocenters. The standard InChI is InChI=1S/C17H21N2O4S.CH4O3S/c1-18-9-4-5-12(11-18)17(23-24(3,21)22)14-6-7-15-13(16(14)20)8-10-19(15)2;1-5(2,3)4/h4-5,8-11,14,17H,6-7H2,1-3H3;1H3,(H,2,3,4)/q+1;/p-1. The lowest BCUT2D eigenvalue weighted by atomic mass is 9.81. The SMILES string of the molecule is CS(=O)(=O)[O-].Cn1ccc2c1CCC(C(OS(C)(=O)=O)c1ccc[n+](C)c1)C2=O. The molecule has 1 aliphatic carbocycles. The summed E-state index contributed by atoms with van der Waals surface area (Å²) in [5.41, 5.74) is 2.34. The van der Waals surface area contributed by atoms with Gasteiger partial charge in [0, 0.05) is 42.4 Å². The molecule has 0 saturated carbocycles. The number of carbonyl (C=O) groups excluding carboxylic acids is 1. The van der Waals surface area contributed by atoms with Crippen LogP contribution >= 0.6 is 0 Å². The molecule has 2 heterocycles. The topological polar surface area (TPSA) is 126 Å². The van der Waals surface area contributed by atoms with Gasteiger partial charge in [0.15, 0.2) is 18.2 Å². The van der Waals surface area contributed by atoms with E-state index in [2.05, 4.69) is 0 Å². The number of rotatable bonds is 4. The second kappa shape index (κ2) is 8.74. The van der Waals surface area contributed by atoms with Crippen molar-refractivity contribution in [3.8, 4) is 0 Å². The van der Waals surface area contributed by atoms with E-state index < -0.39 is 32.3 Å². The number of hydrogen-bond acceptors (Lipinski definition) is 7. The highest BCUT2D eigenvalue weighted by Gasteiger charge is 2.38. The van der Waals surface area contributed by atoms with Crippen molar-refractivity contribution in [1.29, 1.82) is 0 Å². The highest BCUT2D eigenvalue weighted by Crippen LogP contribution is 2.37. The highest BCUT2D eigenvalue weighted by atomic mass is 32.2. The van der Waals surface area contributed by atoms with E-state index in [1.165, 1.54) is 0 Å². The van der Waals surface area contributed by atoms with Crippen LogP contribution in [-0.4, -0.2) is 44.3 Å². The number of pyridine rings is 1. The first-order chi connectivity index (χ1) is 13.3. The summed E-state index contributed by atoms with van der Waals surface area (Å²) in [7, 11) is -3.86. The van der Waals surface area contributed by atoms with E-state index in [1.54, 1.807) is 18.3 Å². The maximum absolute atomic E-state index is 12.9. The molecule has 0 aliphatic heterocycles. The molecular weight excluding hydrogens is 420 g/mol. The van der Waals surface area contributed by atoms with Gasteiger partial charge < -0.3 is 9.12 Å². The van der Waals surface area contributed by atoms with Gasteiger partial charge in [0.25, 0.3) is 10.1 Å². The van der Waals surface area contributed by atoms with Crippen LogP contribution in [0, 0.1) is 5.92 Å². The van der Waals surface area contributed by atoms with Gasteiger partial charge in [0.05, 0.1) is 22.3 Å². The number of nitrogens with zero attached hydrogens (tertiary/aromatic N) is 2. The molecule has 0 aromatic carbocycles. The fraction of sp³-hybridized carbons (Fsp3) is 0.444. The minimum absolute atomic E-state index is 0.0583. The summed E-state index contributed by atoms with van der Waals surface area (Å²) in [4.78, 5) is 12.9. The van der Waals surface area contributed by atoms with Crippen LogP contribution in [0.25, 0.3) is 0 Å². The first-order valence-corrected chi connectivity index (χ1v) is 12.3. The van der Waals surface area contributed by atoms with Gasteiger partial charge in [-0.1, -0.05) is 0 Å². The van der Waals surface area contributed by atoms with Crippen molar-refractivity contribution < 1.29 is 34.9 Å². The minimum atomic E-state index is -3.92.